The molecule has 0 aromatic heterocycles. The normalized spacial score (nSPS) is 19.6. The van der Waals surface area contributed by atoms with Crippen LogP contribution in [0.5, 0.6) is 5.75 Å². The molecule has 0 unspecified atom stereocenters. The second-order valence-electron chi connectivity index (χ2n) is 5.33. The van der Waals surface area contributed by atoms with Gasteiger partial charge in [0.2, 0.25) is 0 Å². The number of rotatable bonds is 5. The highest BCUT2D eigenvalue weighted by Gasteiger charge is 2.29. The van der Waals surface area contributed by atoms with E-state index >= 15 is 0 Å². The number of hydrogen-bond donors (Lipinski definition) is 1. The molecule has 2 atom stereocenters. The third kappa shape index (κ3) is 4.08. The number of nitrogens with zero attached hydrogens (tertiary/aromatic N) is 1. The maximum Gasteiger partial charge on any atom is 0.263 e. The molecule has 6 heteroatoms. The number of halogens is 2. The van der Waals surface area contributed by atoms with Crippen molar-refractivity contribution < 1.29 is 13.9 Å². The minimum absolute atomic E-state index is 0.0611. The van der Waals surface area contributed by atoms with Gasteiger partial charge in [0.15, 0.2) is 6.10 Å². The number of ether oxygens (including phenoxy) is 1. The molecule has 1 heterocycles. The lowest BCUT2D eigenvalue weighted by Gasteiger charge is -2.22. The standard InChI is InChI=1S/C15H20ClFN2O2/c1-10(21-14-4-3-12(17)7-13(14)16)15(20)19-6-5-11(9-19)8-18-2/h3-4,7,10-11,18H,5-6,8-9H2,1-2H3/t10-,11+/m0/s1. The van der Waals surface area contributed by atoms with Crippen LogP contribution in [0, 0.1) is 11.7 Å². The summed E-state index contributed by atoms with van der Waals surface area (Å²) < 4.78 is 18.5. The van der Waals surface area contributed by atoms with Crippen molar-refractivity contribution in [3.05, 3.63) is 29.0 Å². The molecule has 1 aromatic carbocycles. The van der Waals surface area contributed by atoms with Crippen molar-refractivity contribution in [3.8, 4) is 5.75 Å². The van der Waals surface area contributed by atoms with Crippen molar-refractivity contribution in [2.75, 3.05) is 26.7 Å². The molecule has 1 N–H and O–H groups in total. The molecule has 116 valence electrons. The molecule has 1 aliphatic heterocycles. The van der Waals surface area contributed by atoms with Crippen molar-refractivity contribution in [2.45, 2.75) is 19.4 Å². The third-order valence-corrected chi connectivity index (χ3v) is 3.93. The molecule has 21 heavy (non-hydrogen) atoms. The minimum atomic E-state index is -0.638. The van der Waals surface area contributed by atoms with Gasteiger partial charge in [-0.2, -0.15) is 0 Å². The Labute approximate surface area is 129 Å². The average Bonchev–Trinajstić information content (AvgIpc) is 2.90. The van der Waals surface area contributed by atoms with E-state index < -0.39 is 11.9 Å². The molecular weight excluding hydrogens is 295 g/mol. The van der Waals surface area contributed by atoms with Gasteiger partial charge in [0.1, 0.15) is 11.6 Å². The van der Waals surface area contributed by atoms with E-state index in [1.54, 1.807) is 6.92 Å². The molecule has 1 fully saturated rings. The van der Waals surface area contributed by atoms with Crippen LogP contribution < -0.4 is 10.1 Å². The highest BCUT2D eigenvalue weighted by molar-refractivity contribution is 6.32. The SMILES string of the molecule is CNC[C@H]1CCN(C(=O)[C@H](C)Oc2ccc(F)cc2Cl)C1. The fourth-order valence-electron chi connectivity index (χ4n) is 2.56. The summed E-state index contributed by atoms with van der Waals surface area (Å²) in [5, 5.41) is 3.30. The number of carbonyl (C=O) groups excluding carboxylic acids is 1. The Morgan fingerprint density at radius 2 is 2.38 bits per heavy atom. The maximum absolute atomic E-state index is 13.0. The van der Waals surface area contributed by atoms with Crippen LogP contribution in [-0.4, -0.2) is 43.6 Å². The first-order valence-electron chi connectivity index (χ1n) is 7.06. The fourth-order valence-corrected chi connectivity index (χ4v) is 2.77. The highest BCUT2D eigenvalue weighted by Crippen LogP contribution is 2.26. The molecule has 0 spiro atoms. The lowest BCUT2D eigenvalue weighted by molar-refractivity contribution is -0.136. The van der Waals surface area contributed by atoms with Gasteiger partial charge in [-0.1, -0.05) is 11.6 Å². The summed E-state index contributed by atoms with van der Waals surface area (Å²) in [4.78, 5) is 14.2. The van der Waals surface area contributed by atoms with Crippen LogP contribution in [0.3, 0.4) is 0 Å². The van der Waals surface area contributed by atoms with Gasteiger partial charge in [-0.15, -0.1) is 0 Å². The summed E-state index contributed by atoms with van der Waals surface area (Å²) in [6, 6.07) is 3.87. The zero-order valence-electron chi connectivity index (χ0n) is 12.2. The predicted molar refractivity (Wildman–Crippen MR) is 80.1 cm³/mol. The second kappa shape index (κ2) is 7.09. The van der Waals surface area contributed by atoms with E-state index in [0.29, 0.717) is 11.7 Å². The number of carbonyl (C=O) groups is 1. The molecule has 0 bridgehead atoms. The summed E-state index contributed by atoms with van der Waals surface area (Å²) in [6.07, 6.45) is 0.359. The van der Waals surface area contributed by atoms with Crippen LogP contribution in [0.1, 0.15) is 13.3 Å². The Morgan fingerprint density at radius 1 is 1.62 bits per heavy atom. The van der Waals surface area contributed by atoms with Crippen molar-refractivity contribution >= 4 is 17.5 Å². The van der Waals surface area contributed by atoms with Crippen molar-refractivity contribution in [1.29, 1.82) is 0 Å². The minimum Gasteiger partial charge on any atom is -0.479 e. The summed E-state index contributed by atoms with van der Waals surface area (Å²) in [5.41, 5.74) is 0. The Bertz CT molecular complexity index is 512. The summed E-state index contributed by atoms with van der Waals surface area (Å²) >= 11 is 5.90. The zero-order valence-corrected chi connectivity index (χ0v) is 13.0. The first kappa shape index (κ1) is 16.0. The molecule has 1 saturated heterocycles. The molecule has 1 aromatic rings. The van der Waals surface area contributed by atoms with E-state index in [-0.39, 0.29) is 10.9 Å². The number of nitrogens with one attached hydrogen (secondary N) is 1. The largest absolute Gasteiger partial charge is 0.479 e. The lowest BCUT2D eigenvalue weighted by atomic mass is 10.1. The summed E-state index contributed by atoms with van der Waals surface area (Å²) in [6.45, 7) is 4.08. The molecular formula is C15H20ClFN2O2. The lowest BCUT2D eigenvalue weighted by Crippen LogP contribution is -2.39. The third-order valence-electron chi connectivity index (χ3n) is 3.64. The number of hydrogen-bond acceptors (Lipinski definition) is 3. The molecule has 0 radical (unpaired) electrons. The summed E-state index contributed by atoms with van der Waals surface area (Å²) in [5.74, 6) is 0.320. The van der Waals surface area contributed by atoms with Gasteiger partial charge in [-0.05, 0) is 51.1 Å². The topological polar surface area (TPSA) is 41.6 Å². The van der Waals surface area contributed by atoms with Crippen LogP contribution in [0.2, 0.25) is 5.02 Å². The molecule has 4 nitrogen and oxygen atoms in total. The maximum atomic E-state index is 13.0. The van der Waals surface area contributed by atoms with Gasteiger partial charge in [0.05, 0.1) is 5.02 Å². The van der Waals surface area contributed by atoms with E-state index in [2.05, 4.69) is 5.32 Å². The fraction of sp³-hybridized carbons (Fsp3) is 0.533. The first-order valence-corrected chi connectivity index (χ1v) is 7.44. The van der Waals surface area contributed by atoms with Gasteiger partial charge < -0.3 is 15.0 Å². The van der Waals surface area contributed by atoms with E-state index in [4.69, 9.17) is 16.3 Å². The average molecular weight is 315 g/mol. The Morgan fingerprint density at radius 3 is 3.05 bits per heavy atom. The van der Waals surface area contributed by atoms with Crippen LogP contribution in [0.25, 0.3) is 0 Å². The smallest absolute Gasteiger partial charge is 0.263 e. The van der Waals surface area contributed by atoms with Gasteiger partial charge in [-0.3, -0.25) is 4.79 Å². The Kier molecular flexibility index (Phi) is 5.42. The van der Waals surface area contributed by atoms with E-state index in [1.807, 2.05) is 11.9 Å². The van der Waals surface area contributed by atoms with E-state index in [9.17, 15) is 9.18 Å². The number of likely N-dealkylation sites (tertiary alicyclic amines) is 1. The second-order valence-corrected chi connectivity index (χ2v) is 5.74. The molecule has 2 rings (SSSR count). The van der Waals surface area contributed by atoms with Crippen LogP contribution in [0.15, 0.2) is 18.2 Å². The van der Waals surface area contributed by atoms with Gasteiger partial charge >= 0.3 is 0 Å². The predicted octanol–water partition coefficient (Wildman–Crippen LogP) is 2.31. The van der Waals surface area contributed by atoms with Crippen LogP contribution in [-0.2, 0) is 4.79 Å². The molecule has 0 saturated carbocycles. The van der Waals surface area contributed by atoms with Crippen molar-refractivity contribution in [1.82, 2.24) is 10.2 Å². The van der Waals surface area contributed by atoms with E-state index in [1.165, 1.54) is 18.2 Å². The quantitative estimate of drug-likeness (QED) is 0.907. The van der Waals surface area contributed by atoms with Crippen molar-refractivity contribution in [2.24, 2.45) is 5.92 Å². The van der Waals surface area contributed by atoms with Crippen LogP contribution >= 0.6 is 11.6 Å². The first-order chi connectivity index (χ1) is 10.0. The molecule has 1 aliphatic rings. The van der Waals surface area contributed by atoms with Gasteiger partial charge in [0.25, 0.3) is 5.91 Å². The van der Waals surface area contributed by atoms with Gasteiger partial charge in [0, 0.05) is 13.1 Å². The van der Waals surface area contributed by atoms with Crippen LogP contribution in [0.4, 0.5) is 4.39 Å². The van der Waals surface area contributed by atoms with Gasteiger partial charge in [-0.25, -0.2) is 4.39 Å². The molecule has 1 amide bonds. The van der Waals surface area contributed by atoms with E-state index in [0.717, 1.165) is 26.1 Å². The zero-order chi connectivity index (χ0) is 15.4. The summed E-state index contributed by atoms with van der Waals surface area (Å²) in [7, 11) is 1.91. The molecule has 0 aliphatic carbocycles. The number of amides is 1. The monoisotopic (exact) mass is 314 g/mol. The Balaban J connectivity index is 1.94. The number of benzene rings is 1. The highest BCUT2D eigenvalue weighted by atomic mass is 35.5. The van der Waals surface area contributed by atoms with Crippen molar-refractivity contribution in [3.63, 3.8) is 0 Å². The Hall–Kier alpha value is -1.33.